The van der Waals surface area contributed by atoms with Gasteiger partial charge in [0.2, 0.25) is 0 Å². The highest BCUT2D eigenvalue weighted by molar-refractivity contribution is 6.22. The molecule has 0 aliphatic rings. The third-order valence-electron chi connectivity index (χ3n) is 1.45. The zero-order valence-electron chi connectivity index (χ0n) is 6.39. The number of unbranched alkanes of at least 4 members (excludes halogenated alkanes) is 1. The van der Waals surface area contributed by atoms with Crippen LogP contribution in [-0.2, 0) is 0 Å². The van der Waals surface area contributed by atoms with Crippen molar-refractivity contribution in [2.24, 2.45) is 0 Å². The van der Waals surface area contributed by atoms with Gasteiger partial charge >= 0.3 is 0 Å². The van der Waals surface area contributed by atoms with Crippen molar-refractivity contribution in [1.29, 1.82) is 0 Å². The summed E-state index contributed by atoms with van der Waals surface area (Å²) in [6.07, 6.45) is 4.05. The average molecular weight is 163 g/mol. The predicted molar refractivity (Wildman–Crippen MR) is 45.4 cm³/mol. The van der Waals surface area contributed by atoms with Crippen LogP contribution in [0.4, 0.5) is 0 Å². The van der Waals surface area contributed by atoms with Gasteiger partial charge in [-0.25, -0.2) is 0 Å². The van der Waals surface area contributed by atoms with Crippen molar-refractivity contribution in [2.45, 2.75) is 37.7 Å². The maximum Gasteiger partial charge on any atom is 0.0772 e. The molecule has 0 aromatic carbocycles. The topological polar surface area (TPSA) is 20.2 Å². The lowest BCUT2D eigenvalue weighted by Gasteiger charge is -2.11. The summed E-state index contributed by atoms with van der Waals surface area (Å²) in [6, 6.07) is 0. The third kappa shape index (κ3) is 3.91. The summed E-state index contributed by atoms with van der Waals surface area (Å²) in [5.41, 5.74) is 0. The molecule has 0 spiro atoms. The van der Waals surface area contributed by atoms with Gasteiger partial charge in [-0.05, 0) is 6.42 Å². The normalized spacial score (nSPS) is 16.3. The first-order valence-corrected chi connectivity index (χ1v) is 4.10. The van der Waals surface area contributed by atoms with Crippen molar-refractivity contribution in [1.82, 2.24) is 0 Å². The third-order valence-corrected chi connectivity index (χ3v) is 1.92. The second-order valence-electron chi connectivity index (χ2n) is 2.39. The Morgan fingerprint density at radius 3 is 2.70 bits per heavy atom. The van der Waals surface area contributed by atoms with Crippen LogP contribution in [-0.4, -0.2) is 16.6 Å². The lowest BCUT2D eigenvalue weighted by atomic mass is 10.1. The van der Waals surface area contributed by atoms with Crippen molar-refractivity contribution in [3.63, 3.8) is 0 Å². The van der Waals surface area contributed by atoms with E-state index in [4.69, 9.17) is 11.6 Å². The van der Waals surface area contributed by atoms with Crippen LogP contribution in [0.5, 0.6) is 0 Å². The van der Waals surface area contributed by atoms with Crippen molar-refractivity contribution in [3.8, 4) is 0 Å². The van der Waals surface area contributed by atoms with Gasteiger partial charge in [0.25, 0.3) is 0 Å². The maximum absolute atomic E-state index is 9.25. The number of hydrogen-bond donors (Lipinski definition) is 1. The van der Waals surface area contributed by atoms with Crippen molar-refractivity contribution in [3.05, 3.63) is 12.7 Å². The van der Waals surface area contributed by atoms with E-state index in [1.165, 1.54) is 0 Å². The molecule has 0 aliphatic carbocycles. The minimum absolute atomic E-state index is 0.286. The molecule has 10 heavy (non-hydrogen) atoms. The van der Waals surface area contributed by atoms with Crippen LogP contribution in [0.3, 0.4) is 0 Å². The Labute approximate surface area is 67.7 Å². The molecule has 2 atom stereocenters. The maximum atomic E-state index is 9.25. The first-order chi connectivity index (χ1) is 4.72. The molecule has 1 N–H and O–H groups in total. The summed E-state index contributed by atoms with van der Waals surface area (Å²) in [7, 11) is 0. The largest absolute Gasteiger partial charge is 0.391 e. The van der Waals surface area contributed by atoms with E-state index in [2.05, 4.69) is 13.5 Å². The number of aliphatic hydroxyl groups excluding tert-OH is 1. The minimum atomic E-state index is -0.417. The van der Waals surface area contributed by atoms with Crippen molar-refractivity contribution < 1.29 is 5.11 Å². The van der Waals surface area contributed by atoms with E-state index in [0.29, 0.717) is 0 Å². The Balaban J connectivity index is 3.40. The number of rotatable bonds is 5. The second-order valence-corrected chi connectivity index (χ2v) is 2.89. The molecule has 0 amide bonds. The summed E-state index contributed by atoms with van der Waals surface area (Å²) in [5, 5.41) is 8.96. The van der Waals surface area contributed by atoms with Gasteiger partial charge in [0.15, 0.2) is 0 Å². The Hall–Kier alpha value is -0.0100. The van der Waals surface area contributed by atoms with E-state index in [1.54, 1.807) is 6.08 Å². The minimum Gasteiger partial charge on any atom is -0.391 e. The van der Waals surface area contributed by atoms with Crippen molar-refractivity contribution in [2.75, 3.05) is 0 Å². The number of hydrogen-bond acceptors (Lipinski definition) is 1. The monoisotopic (exact) mass is 162 g/mol. The SMILES string of the molecule is C=CC(Cl)C(O)CCCC. The summed E-state index contributed by atoms with van der Waals surface area (Å²) in [4.78, 5) is 0. The van der Waals surface area contributed by atoms with E-state index in [0.717, 1.165) is 19.3 Å². The highest BCUT2D eigenvalue weighted by Gasteiger charge is 2.10. The van der Waals surface area contributed by atoms with Gasteiger partial charge in [-0.15, -0.1) is 18.2 Å². The quantitative estimate of drug-likeness (QED) is 0.486. The Morgan fingerprint density at radius 2 is 2.30 bits per heavy atom. The van der Waals surface area contributed by atoms with E-state index < -0.39 is 6.10 Å². The second kappa shape index (κ2) is 5.75. The molecule has 0 bridgehead atoms. The molecule has 0 aliphatic heterocycles. The predicted octanol–water partition coefficient (Wildman–Crippen LogP) is 2.33. The summed E-state index contributed by atoms with van der Waals surface area (Å²) < 4.78 is 0. The molecular formula is C8H15ClO. The van der Waals surface area contributed by atoms with Crippen molar-refractivity contribution >= 4 is 11.6 Å². The average Bonchev–Trinajstić information content (AvgIpc) is 1.98. The van der Waals surface area contributed by atoms with Gasteiger partial charge in [-0.1, -0.05) is 25.8 Å². The number of halogens is 1. The van der Waals surface area contributed by atoms with Gasteiger partial charge in [-0.3, -0.25) is 0 Å². The standard InChI is InChI=1S/C8H15ClO/c1-3-5-6-8(10)7(9)4-2/h4,7-8,10H,2-3,5-6H2,1H3. The molecule has 0 aromatic rings. The molecular weight excluding hydrogens is 148 g/mol. The fourth-order valence-electron chi connectivity index (χ4n) is 0.730. The molecule has 0 aromatic heterocycles. The molecule has 0 rings (SSSR count). The Kier molecular flexibility index (Phi) is 5.74. The zero-order chi connectivity index (χ0) is 7.98. The molecule has 2 unspecified atom stereocenters. The van der Waals surface area contributed by atoms with Crippen LogP contribution in [0.2, 0.25) is 0 Å². The lowest BCUT2D eigenvalue weighted by molar-refractivity contribution is 0.168. The molecule has 0 heterocycles. The van der Waals surface area contributed by atoms with Crippen LogP contribution in [0.1, 0.15) is 26.2 Å². The van der Waals surface area contributed by atoms with Gasteiger partial charge in [0, 0.05) is 0 Å². The van der Waals surface area contributed by atoms with Gasteiger partial charge < -0.3 is 5.11 Å². The van der Waals surface area contributed by atoms with E-state index in [9.17, 15) is 5.11 Å². The van der Waals surface area contributed by atoms with E-state index in [-0.39, 0.29) is 5.38 Å². The van der Waals surface area contributed by atoms with E-state index >= 15 is 0 Å². The number of aliphatic hydroxyl groups is 1. The van der Waals surface area contributed by atoms with Crippen LogP contribution in [0.25, 0.3) is 0 Å². The fraction of sp³-hybridized carbons (Fsp3) is 0.750. The van der Waals surface area contributed by atoms with Gasteiger partial charge in [-0.2, -0.15) is 0 Å². The highest BCUT2D eigenvalue weighted by Crippen LogP contribution is 2.10. The smallest absolute Gasteiger partial charge is 0.0772 e. The highest BCUT2D eigenvalue weighted by atomic mass is 35.5. The van der Waals surface area contributed by atoms with Crippen LogP contribution >= 0.6 is 11.6 Å². The molecule has 0 fully saturated rings. The molecule has 1 nitrogen and oxygen atoms in total. The number of alkyl halides is 1. The van der Waals surface area contributed by atoms with E-state index in [1.807, 2.05) is 0 Å². The zero-order valence-corrected chi connectivity index (χ0v) is 7.14. The summed E-state index contributed by atoms with van der Waals surface area (Å²) in [6.45, 7) is 5.58. The van der Waals surface area contributed by atoms with Crippen LogP contribution in [0, 0.1) is 0 Å². The fourth-order valence-corrected chi connectivity index (χ4v) is 0.856. The molecule has 2 heteroatoms. The first kappa shape index (κ1) is 9.99. The summed E-state index contributed by atoms with van der Waals surface area (Å²) >= 11 is 5.68. The molecule has 0 radical (unpaired) electrons. The van der Waals surface area contributed by atoms with Crippen LogP contribution in [0.15, 0.2) is 12.7 Å². The molecule has 0 saturated heterocycles. The van der Waals surface area contributed by atoms with Gasteiger partial charge in [0.05, 0.1) is 11.5 Å². The van der Waals surface area contributed by atoms with Gasteiger partial charge in [0.1, 0.15) is 0 Å². The first-order valence-electron chi connectivity index (χ1n) is 3.67. The Bertz CT molecular complexity index is 93.3. The Morgan fingerprint density at radius 1 is 1.70 bits per heavy atom. The summed E-state index contributed by atoms with van der Waals surface area (Å²) in [5.74, 6) is 0. The molecule has 0 saturated carbocycles. The van der Waals surface area contributed by atoms with Crippen LogP contribution < -0.4 is 0 Å². The lowest BCUT2D eigenvalue weighted by Crippen LogP contribution is -2.17. The molecule has 60 valence electrons.